The summed E-state index contributed by atoms with van der Waals surface area (Å²) in [7, 11) is 0. The molecule has 0 saturated carbocycles. The zero-order valence-corrected chi connectivity index (χ0v) is 13.0. The second kappa shape index (κ2) is 8.39. The molecule has 0 atom stereocenters. The molecule has 0 fully saturated rings. The first-order chi connectivity index (χ1) is 11.1. The summed E-state index contributed by atoms with van der Waals surface area (Å²) in [5.74, 6) is -0.926. The number of nitrogens with zero attached hydrogens (tertiary/aromatic N) is 1. The number of esters is 1. The molecule has 122 valence electrons. The lowest BCUT2D eigenvalue weighted by atomic mass is 10.1. The van der Waals surface area contributed by atoms with Crippen molar-refractivity contribution in [1.29, 1.82) is 0 Å². The zero-order chi connectivity index (χ0) is 16.7. The second-order valence-electron chi connectivity index (χ2n) is 5.20. The monoisotopic (exact) mass is 319 g/mol. The zero-order valence-electron chi connectivity index (χ0n) is 13.0. The van der Waals surface area contributed by atoms with Crippen molar-refractivity contribution < 1.29 is 18.3 Å². The van der Waals surface area contributed by atoms with Gasteiger partial charge in [0.05, 0.1) is 13.2 Å². The lowest BCUT2D eigenvalue weighted by Crippen LogP contribution is -2.30. The number of hydrogen-bond donors (Lipinski definition) is 0. The van der Waals surface area contributed by atoms with Gasteiger partial charge in [0.15, 0.2) is 0 Å². The molecule has 0 aromatic heterocycles. The molecule has 23 heavy (non-hydrogen) atoms. The lowest BCUT2D eigenvalue weighted by molar-refractivity contribution is -0.144. The summed E-state index contributed by atoms with van der Waals surface area (Å²) in [4.78, 5) is 13.6. The van der Waals surface area contributed by atoms with E-state index in [-0.39, 0.29) is 24.1 Å². The SMILES string of the molecule is CCOC(=O)CN(Cc1ccc(F)cc1)Cc1ccc(F)cc1. The van der Waals surface area contributed by atoms with E-state index in [4.69, 9.17) is 4.74 Å². The van der Waals surface area contributed by atoms with Gasteiger partial charge in [0.25, 0.3) is 0 Å². The predicted octanol–water partition coefficient (Wildman–Crippen LogP) is 3.53. The normalized spacial score (nSPS) is 10.8. The maximum Gasteiger partial charge on any atom is 0.320 e. The van der Waals surface area contributed by atoms with Crippen LogP contribution in [0.3, 0.4) is 0 Å². The van der Waals surface area contributed by atoms with E-state index in [1.807, 2.05) is 4.90 Å². The van der Waals surface area contributed by atoms with Crippen LogP contribution in [0, 0.1) is 11.6 Å². The molecule has 2 rings (SSSR count). The first-order valence-corrected chi connectivity index (χ1v) is 7.43. The van der Waals surface area contributed by atoms with Gasteiger partial charge in [-0.25, -0.2) is 8.78 Å². The second-order valence-corrected chi connectivity index (χ2v) is 5.20. The van der Waals surface area contributed by atoms with Crippen molar-refractivity contribution in [3.8, 4) is 0 Å². The van der Waals surface area contributed by atoms with Gasteiger partial charge in [0, 0.05) is 13.1 Å². The van der Waals surface area contributed by atoms with Gasteiger partial charge in [-0.15, -0.1) is 0 Å². The largest absolute Gasteiger partial charge is 0.465 e. The third-order valence-corrected chi connectivity index (χ3v) is 3.30. The average molecular weight is 319 g/mol. The first-order valence-electron chi connectivity index (χ1n) is 7.43. The molecule has 3 nitrogen and oxygen atoms in total. The Balaban J connectivity index is 2.08. The summed E-state index contributed by atoms with van der Waals surface area (Å²) in [6.45, 7) is 3.12. The Labute approximate surface area is 134 Å². The molecular weight excluding hydrogens is 300 g/mol. The minimum absolute atomic E-state index is 0.114. The Morgan fingerprint density at radius 3 is 1.74 bits per heavy atom. The van der Waals surface area contributed by atoms with Crippen LogP contribution in [-0.4, -0.2) is 24.0 Å². The molecule has 2 aromatic carbocycles. The van der Waals surface area contributed by atoms with Gasteiger partial charge >= 0.3 is 5.97 Å². The van der Waals surface area contributed by atoms with Crippen molar-refractivity contribution in [2.45, 2.75) is 20.0 Å². The van der Waals surface area contributed by atoms with Crippen LogP contribution in [0.5, 0.6) is 0 Å². The standard InChI is InChI=1S/C18H19F2NO2/c1-2-23-18(22)13-21(11-14-3-7-16(19)8-4-14)12-15-5-9-17(20)10-6-15/h3-10H,2,11-13H2,1H3. The van der Waals surface area contributed by atoms with E-state index in [1.54, 1.807) is 31.2 Å². The van der Waals surface area contributed by atoms with E-state index in [0.29, 0.717) is 19.7 Å². The van der Waals surface area contributed by atoms with Crippen molar-refractivity contribution >= 4 is 5.97 Å². The molecule has 0 unspecified atom stereocenters. The highest BCUT2D eigenvalue weighted by Gasteiger charge is 2.13. The van der Waals surface area contributed by atoms with Crippen LogP contribution in [0.4, 0.5) is 8.78 Å². The van der Waals surface area contributed by atoms with Crippen LogP contribution in [0.1, 0.15) is 18.1 Å². The summed E-state index contributed by atoms with van der Waals surface area (Å²) in [5.41, 5.74) is 1.77. The molecule has 0 aliphatic rings. The fourth-order valence-corrected chi connectivity index (χ4v) is 2.25. The molecule has 0 aliphatic carbocycles. The molecule has 0 spiro atoms. The predicted molar refractivity (Wildman–Crippen MR) is 83.5 cm³/mol. The Morgan fingerprint density at radius 2 is 1.35 bits per heavy atom. The summed E-state index contributed by atoms with van der Waals surface area (Å²) >= 11 is 0. The Hall–Kier alpha value is -2.27. The molecule has 0 aliphatic heterocycles. The lowest BCUT2D eigenvalue weighted by Gasteiger charge is -2.21. The Bertz CT molecular complexity index is 579. The van der Waals surface area contributed by atoms with E-state index >= 15 is 0 Å². The Morgan fingerprint density at radius 1 is 0.913 bits per heavy atom. The average Bonchev–Trinajstić information content (AvgIpc) is 2.52. The quantitative estimate of drug-likeness (QED) is 0.731. The molecule has 0 N–H and O–H groups in total. The van der Waals surface area contributed by atoms with E-state index in [9.17, 15) is 13.6 Å². The van der Waals surface area contributed by atoms with Crippen LogP contribution < -0.4 is 0 Å². The molecule has 5 heteroatoms. The van der Waals surface area contributed by atoms with Crippen LogP contribution in [0.25, 0.3) is 0 Å². The van der Waals surface area contributed by atoms with Crippen LogP contribution in [0.2, 0.25) is 0 Å². The first kappa shape index (κ1) is 17.1. The van der Waals surface area contributed by atoms with Crippen molar-refractivity contribution in [3.05, 3.63) is 71.3 Å². The van der Waals surface area contributed by atoms with Crippen molar-refractivity contribution in [3.63, 3.8) is 0 Å². The molecule has 0 amide bonds. The van der Waals surface area contributed by atoms with Gasteiger partial charge in [0.1, 0.15) is 11.6 Å². The van der Waals surface area contributed by atoms with Gasteiger partial charge in [-0.05, 0) is 42.3 Å². The highest BCUT2D eigenvalue weighted by atomic mass is 19.1. The number of carbonyl (C=O) groups is 1. The summed E-state index contributed by atoms with van der Waals surface area (Å²) in [5, 5.41) is 0. The number of benzene rings is 2. The summed E-state index contributed by atoms with van der Waals surface area (Å²) < 4.78 is 31.0. The highest BCUT2D eigenvalue weighted by Crippen LogP contribution is 2.12. The van der Waals surface area contributed by atoms with Crippen LogP contribution in [0.15, 0.2) is 48.5 Å². The van der Waals surface area contributed by atoms with Gasteiger partial charge < -0.3 is 4.74 Å². The minimum atomic E-state index is -0.322. The number of hydrogen-bond acceptors (Lipinski definition) is 3. The van der Waals surface area contributed by atoms with Crippen molar-refractivity contribution in [2.24, 2.45) is 0 Å². The number of rotatable bonds is 7. The molecule has 2 aromatic rings. The van der Waals surface area contributed by atoms with Gasteiger partial charge in [0.2, 0.25) is 0 Å². The van der Waals surface area contributed by atoms with E-state index < -0.39 is 0 Å². The summed E-state index contributed by atoms with van der Waals surface area (Å²) in [6, 6.07) is 12.3. The highest BCUT2D eigenvalue weighted by molar-refractivity contribution is 5.71. The van der Waals surface area contributed by atoms with E-state index in [0.717, 1.165) is 11.1 Å². The molecule has 0 radical (unpaired) electrons. The van der Waals surface area contributed by atoms with Gasteiger partial charge in [-0.3, -0.25) is 9.69 Å². The fourth-order valence-electron chi connectivity index (χ4n) is 2.25. The number of ether oxygens (including phenoxy) is 1. The number of carbonyl (C=O) groups excluding carboxylic acids is 1. The maximum atomic E-state index is 13.0. The fraction of sp³-hybridized carbons (Fsp3) is 0.278. The minimum Gasteiger partial charge on any atom is -0.465 e. The summed E-state index contributed by atoms with van der Waals surface area (Å²) in [6.07, 6.45) is 0. The molecule has 0 saturated heterocycles. The molecule has 0 heterocycles. The van der Waals surface area contributed by atoms with Gasteiger partial charge in [-0.1, -0.05) is 24.3 Å². The number of halogens is 2. The smallest absolute Gasteiger partial charge is 0.320 e. The van der Waals surface area contributed by atoms with E-state index in [1.165, 1.54) is 24.3 Å². The van der Waals surface area contributed by atoms with E-state index in [2.05, 4.69) is 0 Å². The van der Waals surface area contributed by atoms with Crippen molar-refractivity contribution in [1.82, 2.24) is 4.90 Å². The van der Waals surface area contributed by atoms with Crippen LogP contribution >= 0.6 is 0 Å². The third-order valence-electron chi connectivity index (χ3n) is 3.30. The van der Waals surface area contributed by atoms with Crippen molar-refractivity contribution in [2.75, 3.05) is 13.2 Å². The molecular formula is C18H19F2NO2. The topological polar surface area (TPSA) is 29.5 Å². The van der Waals surface area contributed by atoms with Crippen LogP contribution in [-0.2, 0) is 22.6 Å². The Kier molecular flexibility index (Phi) is 6.23. The van der Waals surface area contributed by atoms with Gasteiger partial charge in [-0.2, -0.15) is 0 Å². The maximum absolute atomic E-state index is 13.0. The molecule has 0 bridgehead atoms. The third kappa shape index (κ3) is 5.79.